The van der Waals surface area contributed by atoms with E-state index in [0.717, 1.165) is 36.3 Å². The Morgan fingerprint density at radius 1 is 1.28 bits per heavy atom. The summed E-state index contributed by atoms with van der Waals surface area (Å²) in [6.07, 6.45) is 3.81. The summed E-state index contributed by atoms with van der Waals surface area (Å²) in [7, 11) is 1.84. The first-order valence-electron chi connectivity index (χ1n) is 8.81. The summed E-state index contributed by atoms with van der Waals surface area (Å²) in [5.41, 5.74) is 2.64. The molecular formula is C17H23N5O3. The molecule has 2 aliphatic rings. The van der Waals surface area contributed by atoms with Crippen molar-refractivity contribution >= 4 is 5.91 Å². The molecule has 2 aliphatic heterocycles. The zero-order chi connectivity index (χ0) is 17.6. The molecule has 25 heavy (non-hydrogen) atoms. The molecule has 0 spiro atoms. The summed E-state index contributed by atoms with van der Waals surface area (Å²) in [6, 6.07) is 0. The van der Waals surface area contributed by atoms with Crippen LogP contribution < -0.4 is 0 Å². The second kappa shape index (κ2) is 6.25. The molecule has 0 N–H and O–H groups in total. The summed E-state index contributed by atoms with van der Waals surface area (Å²) in [5, 5.41) is 8.48. The van der Waals surface area contributed by atoms with Gasteiger partial charge in [0.15, 0.2) is 5.82 Å². The lowest BCUT2D eigenvalue weighted by atomic mass is 9.95. The van der Waals surface area contributed by atoms with Gasteiger partial charge in [-0.1, -0.05) is 5.16 Å². The molecule has 1 fully saturated rings. The number of carbonyl (C=O) groups is 1. The van der Waals surface area contributed by atoms with Gasteiger partial charge in [-0.3, -0.25) is 9.48 Å². The van der Waals surface area contributed by atoms with Crippen LogP contribution in [0.2, 0.25) is 0 Å². The molecule has 0 radical (unpaired) electrons. The summed E-state index contributed by atoms with van der Waals surface area (Å²) in [4.78, 5) is 19.2. The van der Waals surface area contributed by atoms with Crippen molar-refractivity contribution < 1.29 is 14.1 Å². The van der Waals surface area contributed by atoms with E-state index in [2.05, 4.69) is 15.2 Å². The van der Waals surface area contributed by atoms with E-state index in [-0.39, 0.29) is 24.0 Å². The monoisotopic (exact) mass is 345 g/mol. The van der Waals surface area contributed by atoms with E-state index in [4.69, 9.17) is 9.26 Å². The lowest BCUT2D eigenvalue weighted by Gasteiger charge is -2.31. The third-order valence-corrected chi connectivity index (χ3v) is 5.22. The number of piperidine rings is 1. The predicted molar refractivity (Wildman–Crippen MR) is 88.1 cm³/mol. The normalized spacial score (nSPS) is 24.4. The van der Waals surface area contributed by atoms with E-state index in [1.54, 1.807) is 4.68 Å². The third kappa shape index (κ3) is 2.84. The minimum atomic E-state index is -0.0736. The van der Waals surface area contributed by atoms with Gasteiger partial charge in [0, 0.05) is 38.0 Å². The highest BCUT2D eigenvalue weighted by Crippen LogP contribution is 2.33. The Bertz CT molecular complexity index is 762. The Morgan fingerprint density at radius 2 is 2.04 bits per heavy atom. The van der Waals surface area contributed by atoms with Crippen LogP contribution in [-0.4, -0.2) is 49.9 Å². The minimum Gasteiger partial charge on any atom is -0.369 e. The number of aromatic nitrogens is 4. The molecule has 1 saturated heterocycles. The van der Waals surface area contributed by atoms with E-state index in [1.165, 1.54) is 6.39 Å². The quantitative estimate of drug-likeness (QED) is 0.825. The van der Waals surface area contributed by atoms with Crippen LogP contribution in [0.4, 0.5) is 0 Å². The Labute approximate surface area is 146 Å². The number of carbonyl (C=O) groups excluding carboxylic acids is 1. The molecular weight excluding hydrogens is 322 g/mol. The summed E-state index contributed by atoms with van der Waals surface area (Å²) < 4.78 is 12.4. The molecule has 8 heteroatoms. The SMILES string of the molecule is C[C@@H]1Cc2c(nn(C)c2C(=O)N2CCC(c3ncon3)CC2)[C@H](C)O1. The predicted octanol–water partition coefficient (Wildman–Crippen LogP) is 1.85. The Balaban J connectivity index is 1.53. The fourth-order valence-corrected chi connectivity index (χ4v) is 3.98. The van der Waals surface area contributed by atoms with E-state index in [9.17, 15) is 4.79 Å². The molecule has 0 bridgehead atoms. The highest BCUT2D eigenvalue weighted by atomic mass is 16.5. The number of nitrogens with zero attached hydrogens (tertiary/aromatic N) is 5. The van der Waals surface area contributed by atoms with Gasteiger partial charge in [-0.25, -0.2) is 0 Å². The van der Waals surface area contributed by atoms with Crippen LogP contribution in [0.1, 0.15) is 66.3 Å². The number of fused-ring (bicyclic) bond motifs is 1. The number of ether oxygens (including phenoxy) is 1. The van der Waals surface area contributed by atoms with Crippen LogP contribution in [0, 0.1) is 0 Å². The highest BCUT2D eigenvalue weighted by Gasteiger charge is 2.34. The van der Waals surface area contributed by atoms with Gasteiger partial charge in [0.25, 0.3) is 5.91 Å². The standard InChI is InChI=1S/C17H23N5O3/c1-10-8-13-14(11(2)25-10)19-21(3)15(13)17(23)22-6-4-12(5-7-22)16-18-9-24-20-16/h9-12H,4-8H2,1-3H3/t10-,11+/m1/s1. The van der Waals surface area contributed by atoms with E-state index >= 15 is 0 Å². The fourth-order valence-electron chi connectivity index (χ4n) is 3.98. The van der Waals surface area contributed by atoms with Gasteiger partial charge in [0.1, 0.15) is 5.69 Å². The summed E-state index contributed by atoms with van der Waals surface area (Å²) >= 11 is 0. The van der Waals surface area contributed by atoms with Crippen molar-refractivity contribution in [3.8, 4) is 0 Å². The molecule has 2 atom stereocenters. The van der Waals surface area contributed by atoms with Crippen molar-refractivity contribution in [2.75, 3.05) is 13.1 Å². The lowest BCUT2D eigenvalue weighted by molar-refractivity contribution is -0.00714. The smallest absolute Gasteiger partial charge is 0.272 e. The second-order valence-electron chi connectivity index (χ2n) is 6.98. The van der Waals surface area contributed by atoms with Crippen LogP contribution in [0.5, 0.6) is 0 Å². The number of hydrogen-bond donors (Lipinski definition) is 0. The third-order valence-electron chi connectivity index (χ3n) is 5.22. The number of likely N-dealkylation sites (tertiary alicyclic amines) is 1. The van der Waals surface area contributed by atoms with Gasteiger partial charge in [-0.05, 0) is 26.7 Å². The van der Waals surface area contributed by atoms with E-state index < -0.39 is 0 Å². The number of aryl methyl sites for hydroxylation is 1. The molecule has 134 valence electrons. The van der Waals surface area contributed by atoms with E-state index in [1.807, 2.05) is 25.8 Å². The van der Waals surface area contributed by atoms with Gasteiger partial charge in [0.05, 0.1) is 17.9 Å². The van der Waals surface area contributed by atoms with Crippen molar-refractivity contribution in [2.45, 2.75) is 51.2 Å². The van der Waals surface area contributed by atoms with Crippen molar-refractivity contribution in [1.82, 2.24) is 24.8 Å². The van der Waals surface area contributed by atoms with Crippen LogP contribution in [0.25, 0.3) is 0 Å². The first-order valence-corrected chi connectivity index (χ1v) is 8.81. The molecule has 0 aromatic carbocycles. The first-order chi connectivity index (χ1) is 12.0. The Kier molecular flexibility index (Phi) is 4.07. The van der Waals surface area contributed by atoms with Gasteiger partial charge < -0.3 is 14.2 Å². The van der Waals surface area contributed by atoms with Crippen molar-refractivity contribution in [1.29, 1.82) is 0 Å². The molecule has 0 unspecified atom stereocenters. The minimum absolute atomic E-state index is 0.0594. The van der Waals surface area contributed by atoms with Gasteiger partial charge >= 0.3 is 0 Å². The molecule has 0 saturated carbocycles. The van der Waals surface area contributed by atoms with Gasteiger partial charge in [-0.15, -0.1) is 0 Å². The average Bonchev–Trinajstić information content (AvgIpc) is 3.22. The number of rotatable bonds is 2. The maximum Gasteiger partial charge on any atom is 0.272 e. The first kappa shape index (κ1) is 16.3. The summed E-state index contributed by atoms with van der Waals surface area (Å²) in [6.45, 7) is 5.42. The van der Waals surface area contributed by atoms with Gasteiger partial charge in [0.2, 0.25) is 6.39 Å². The molecule has 8 nitrogen and oxygen atoms in total. The topological polar surface area (TPSA) is 86.3 Å². The Hall–Kier alpha value is -2.22. The fraction of sp³-hybridized carbons (Fsp3) is 0.647. The maximum absolute atomic E-state index is 13.1. The van der Waals surface area contributed by atoms with Crippen LogP contribution >= 0.6 is 0 Å². The van der Waals surface area contributed by atoms with Gasteiger partial charge in [-0.2, -0.15) is 10.1 Å². The zero-order valence-electron chi connectivity index (χ0n) is 14.8. The summed E-state index contributed by atoms with van der Waals surface area (Å²) in [5.74, 6) is 1.06. The largest absolute Gasteiger partial charge is 0.369 e. The molecule has 1 amide bonds. The molecule has 2 aromatic rings. The zero-order valence-corrected chi connectivity index (χ0v) is 14.8. The Morgan fingerprint density at radius 3 is 2.72 bits per heavy atom. The lowest BCUT2D eigenvalue weighted by Crippen LogP contribution is -2.39. The molecule has 4 heterocycles. The van der Waals surface area contributed by atoms with Crippen LogP contribution in [0.3, 0.4) is 0 Å². The van der Waals surface area contributed by atoms with E-state index in [0.29, 0.717) is 18.8 Å². The van der Waals surface area contributed by atoms with Crippen molar-refractivity contribution in [3.05, 3.63) is 29.2 Å². The molecule has 2 aromatic heterocycles. The van der Waals surface area contributed by atoms with Crippen LogP contribution in [-0.2, 0) is 18.2 Å². The van der Waals surface area contributed by atoms with Crippen LogP contribution in [0.15, 0.2) is 10.9 Å². The van der Waals surface area contributed by atoms with Crippen molar-refractivity contribution in [3.63, 3.8) is 0 Å². The highest BCUT2D eigenvalue weighted by molar-refractivity contribution is 5.94. The average molecular weight is 345 g/mol. The second-order valence-corrected chi connectivity index (χ2v) is 6.98. The molecule has 0 aliphatic carbocycles. The van der Waals surface area contributed by atoms with Crippen molar-refractivity contribution in [2.24, 2.45) is 7.05 Å². The number of amides is 1. The number of hydrogen-bond acceptors (Lipinski definition) is 6. The molecule has 4 rings (SSSR count). The maximum atomic E-state index is 13.1.